The van der Waals surface area contributed by atoms with Gasteiger partial charge in [0.1, 0.15) is 17.8 Å². The van der Waals surface area contributed by atoms with Crippen LogP contribution in [0.5, 0.6) is 0 Å². The van der Waals surface area contributed by atoms with Crippen molar-refractivity contribution < 1.29 is 19.1 Å². The number of carbonyl (C=O) groups is 3. The second-order valence-corrected chi connectivity index (χ2v) is 7.79. The lowest BCUT2D eigenvalue weighted by atomic mass is 9.86. The van der Waals surface area contributed by atoms with Crippen LogP contribution in [-0.4, -0.2) is 58.1 Å². The van der Waals surface area contributed by atoms with E-state index in [1.807, 2.05) is 11.0 Å². The van der Waals surface area contributed by atoms with Crippen molar-refractivity contribution in [2.75, 3.05) is 6.61 Å². The fourth-order valence-corrected chi connectivity index (χ4v) is 4.52. The molecule has 4 rings (SSSR count). The van der Waals surface area contributed by atoms with Gasteiger partial charge >= 0.3 is 5.97 Å². The molecule has 0 radical (unpaired) electrons. The van der Waals surface area contributed by atoms with Gasteiger partial charge in [-0.1, -0.05) is 25.3 Å². The van der Waals surface area contributed by atoms with Crippen LogP contribution >= 0.6 is 0 Å². The maximum atomic E-state index is 13.3. The summed E-state index contributed by atoms with van der Waals surface area (Å²) in [5.74, 6) is -0.966. The summed E-state index contributed by atoms with van der Waals surface area (Å²) < 4.78 is 5.24. The molecular formula is C22H26N4O4. The molecular weight excluding hydrogens is 384 g/mol. The molecule has 3 heterocycles. The molecule has 4 aliphatic rings. The molecule has 0 aromatic rings. The molecule has 8 nitrogen and oxygen atoms in total. The molecule has 1 saturated carbocycles. The first-order chi connectivity index (χ1) is 14.5. The smallest absolute Gasteiger partial charge is 0.341 e. The van der Waals surface area contributed by atoms with Crippen LogP contribution in [0.4, 0.5) is 0 Å². The largest absolute Gasteiger partial charge is 0.462 e. The summed E-state index contributed by atoms with van der Waals surface area (Å²) in [6.45, 7) is 3.27. The summed E-state index contributed by atoms with van der Waals surface area (Å²) in [7, 11) is 0. The summed E-state index contributed by atoms with van der Waals surface area (Å²) in [5.41, 5.74) is 0.169. The Kier molecular flexibility index (Phi) is 5.65. The topological polar surface area (TPSA) is 91.6 Å². The third-order valence-corrected chi connectivity index (χ3v) is 5.79. The average Bonchev–Trinajstić information content (AvgIpc) is 2.74. The molecule has 0 spiro atoms. The van der Waals surface area contributed by atoms with Gasteiger partial charge < -0.3 is 9.64 Å². The molecule has 2 unspecified atom stereocenters. The standard InChI is InChI=1S/C22H26N4O4/c1-3-30-22(29)17-13-16-19(24-18-11-7-8-12-25(18)21(16)28)26(20(17)23-14(2)27)15-9-5-4-6-10-15/h7-8,11-13,15-16,19H,3-6,9-10H2,1-2H3. The summed E-state index contributed by atoms with van der Waals surface area (Å²) in [4.78, 5) is 50.6. The highest BCUT2D eigenvalue weighted by molar-refractivity contribution is 6.23. The van der Waals surface area contributed by atoms with E-state index in [9.17, 15) is 14.4 Å². The van der Waals surface area contributed by atoms with Crippen molar-refractivity contribution in [1.29, 1.82) is 0 Å². The Morgan fingerprint density at radius 3 is 2.70 bits per heavy atom. The highest BCUT2D eigenvalue weighted by atomic mass is 16.5. The van der Waals surface area contributed by atoms with E-state index in [1.54, 1.807) is 31.4 Å². The predicted molar refractivity (Wildman–Crippen MR) is 111 cm³/mol. The molecule has 0 bridgehead atoms. The Morgan fingerprint density at radius 1 is 1.23 bits per heavy atom. The van der Waals surface area contributed by atoms with Crippen molar-refractivity contribution in [2.45, 2.75) is 58.2 Å². The molecule has 30 heavy (non-hydrogen) atoms. The molecule has 1 aliphatic carbocycles. The number of amides is 2. The molecule has 2 amide bonds. The minimum atomic E-state index is -0.655. The van der Waals surface area contributed by atoms with Crippen molar-refractivity contribution in [1.82, 2.24) is 9.80 Å². The van der Waals surface area contributed by atoms with Gasteiger partial charge in [0, 0.05) is 19.2 Å². The fourth-order valence-electron chi connectivity index (χ4n) is 4.52. The quantitative estimate of drug-likeness (QED) is 0.666. The molecule has 0 aromatic carbocycles. The number of hydrogen-bond acceptors (Lipinski definition) is 5. The third-order valence-electron chi connectivity index (χ3n) is 5.79. The van der Waals surface area contributed by atoms with Crippen LogP contribution in [0.25, 0.3) is 0 Å². The number of carbonyl (C=O) groups excluding carboxylic acids is 3. The first-order valence-corrected chi connectivity index (χ1v) is 10.5. The number of amidine groups is 2. The van der Waals surface area contributed by atoms with Crippen LogP contribution in [0.3, 0.4) is 0 Å². The number of nitrogens with zero attached hydrogens (tertiary/aromatic N) is 4. The van der Waals surface area contributed by atoms with Crippen LogP contribution in [0, 0.1) is 5.92 Å². The van der Waals surface area contributed by atoms with Crippen molar-refractivity contribution in [3.63, 3.8) is 0 Å². The highest BCUT2D eigenvalue weighted by Crippen LogP contribution is 2.36. The Morgan fingerprint density at radius 2 is 2.00 bits per heavy atom. The molecule has 2 atom stereocenters. The average molecular weight is 410 g/mol. The normalized spacial score (nSPS) is 27.4. The Balaban J connectivity index is 1.87. The zero-order chi connectivity index (χ0) is 21.3. The lowest BCUT2D eigenvalue weighted by Gasteiger charge is -2.47. The zero-order valence-electron chi connectivity index (χ0n) is 17.3. The van der Waals surface area contributed by atoms with Gasteiger partial charge in [0.2, 0.25) is 11.8 Å². The molecule has 3 aliphatic heterocycles. The van der Waals surface area contributed by atoms with E-state index in [2.05, 4.69) is 4.99 Å². The van der Waals surface area contributed by atoms with Gasteiger partial charge in [0.25, 0.3) is 0 Å². The zero-order valence-corrected chi connectivity index (χ0v) is 17.3. The monoisotopic (exact) mass is 410 g/mol. The minimum Gasteiger partial charge on any atom is -0.462 e. The van der Waals surface area contributed by atoms with Crippen LogP contribution in [0.2, 0.25) is 0 Å². The summed E-state index contributed by atoms with van der Waals surface area (Å²) in [5, 5.41) is 0. The van der Waals surface area contributed by atoms with Gasteiger partial charge in [-0.25, -0.2) is 9.79 Å². The molecule has 8 heteroatoms. The van der Waals surface area contributed by atoms with Gasteiger partial charge in [-0.05, 0) is 38.0 Å². The second-order valence-electron chi connectivity index (χ2n) is 7.79. The second kappa shape index (κ2) is 8.38. The third kappa shape index (κ3) is 3.62. The van der Waals surface area contributed by atoms with E-state index in [0.29, 0.717) is 5.84 Å². The van der Waals surface area contributed by atoms with E-state index in [1.165, 1.54) is 11.8 Å². The number of aliphatic imine (C=N–C) groups is 2. The minimum absolute atomic E-state index is 0.0503. The van der Waals surface area contributed by atoms with Gasteiger partial charge in [0.05, 0.1) is 18.1 Å². The number of ether oxygens (including phenoxy) is 1. The van der Waals surface area contributed by atoms with E-state index in [4.69, 9.17) is 9.73 Å². The van der Waals surface area contributed by atoms with E-state index in [0.717, 1.165) is 32.1 Å². The van der Waals surface area contributed by atoms with Crippen LogP contribution in [0.15, 0.2) is 46.1 Å². The Labute approximate surface area is 175 Å². The highest BCUT2D eigenvalue weighted by Gasteiger charge is 2.48. The van der Waals surface area contributed by atoms with Crippen molar-refractivity contribution in [2.24, 2.45) is 15.9 Å². The summed E-state index contributed by atoms with van der Waals surface area (Å²) >= 11 is 0. The molecule has 1 fully saturated rings. The number of allylic oxidation sites excluding steroid dienone is 2. The fraction of sp³-hybridized carbons (Fsp3) is 0.500. The van der Waals surface area contributed by atoms with Gasteiger partial charge in [-0.2, -0.15) is 4.99 Å². The van der Waals surface area contributed by atoms with Crippen molar-refractivity contribution in [3.8, 4) is 0 Å². The van der Waals surface area contributed by atoms with Gasteiger partial charge in [0.15, 0.2) is 0 Å². The van der Waals surface area contributed by atoms with E-state index < -0.39 is 24.0 Å². The SMILES string of the molecule is CCOC(=O)C1=CC2C(=O)N3C=CC=CC3=NC2N(C2CCCCC2)C1=NC(C)=O. The number of hydrogen-bond donors (Lipinski definition) is 0. The van der Waals surface area contributed by atoms with Crippen LogP contribution < -0.4 is 0 Å². The summed E-state index contributed by atoms with van der Waals surface area (Å²) in [6, 6.07) is 0.0503. The number of rotatable bonds is 3. The first-order valence-electron chi connectivity index (χ1n) is 10.5. The van der Waals surface area contributed by atoms with Crippen molar-refractivity contribution in [3.05, 3.63) is 36.1 Å². The number of esters is 1. The molecule has 0 N–H and O–H groups in total. The van der Waals surface area contributed by atoms with Crippen LogP contribution in [0.1, 0.15) is 46.0 Å². The maximum absolute atomic E-state index is 13.3. The lowest BCUT2D eigenvalue weighted by Crippen LogP contribution is -2.60. The molecule has 0 saturated heterocycles. The Bertz CT molecular complexity index is 908. The number of fused-ring (bicyclic) bond motifs is 2. The maximum Gasteiger partial charge on any atom is 0.341 e. The molecule has 0 aromatic heterocycles. The predicted octanol–water partition coefficient (Wildman–Crippen LogP) is 2.34. The van der Waals surface area contributed by atoms with E-state index in [-0.39, 0.29) is 30.0 Å². The Hall–Kier alpha value is -3.03. The molecule has 158 valence electrons. The summed E-state index contributed by atoms with van der Waals surface area (Å²) in [6.07, 6.45) is 13.2. The van der Waals surface area contributed by atoms with Crippen LogP contribution in [-0.2, 0) is 19.1 Å². The first kappa shape index (κ1) is 20.3. The lowest BCUT2D eigenvalue weighted by molar-refractivity contribution is -0.138. The van der Waals surface area contributed by atoms with E-state index >= 15 is 0 Å². The van der Waals surface area contributed by atoms with Crippen molar-refractivity contribution >= 4 is 29.5 Å². The van der Waals surface area contributed by atoms with Gasteiger partial charge in [-0.15, -0.1) is 0 Å². The van der Waals surface area contributed by atoms with Gasteiger partial charge in [-0.3, -0.25) is 14.5 Å².